The zero-order valence-corrected chi connectivity index (χ0v) is 13.4. The van der Waals surface area contributed by atoms with Crippen LogP contribution in [0.5, 0.6) is 0 Å². The molecule has 2 atom stereocenters. The van der Waals surface area contributed by atoms with Gasteiger partial charge in [0.25, 0.3) is 5.56 Å². The van der Waals surface area contributed by atoms with Gasteiger partial charge in [0.2, 0.25) is 0 Å². The molecule has 2 N–H and O–H groups in total. The van der Waals surface area contributed by atoms with Crippen LogP contribution in [-0.2, 0) is 19.1 Å². The van der Waals surface area contributed by atoms with Crippen LogP contribution in [-0.4, -0.2) is 49.3 Å². The Morgan fingerprint density at radius 2 is 2.20 bits per heavy atom. The first-order valence-corrected chi connectivity index (χ1v) is 7.97. The first-order chi connectivity index (χ1) is 12.0. The molecule has 0 aliphatic carbocycles. The molecule has 2 aromatic heterocycles. The van der Waals surface area contributed by atoms with Crippen molar-refractivity contribution in [2.24, 2.45) is 0 Å². The summed E-state index contributed by atoms with van der Waals surface area (Å²) in [5, 5.41) is 8.53. The Bertz CT molecular complexity index is 829. The number of imidazole rings is 1. The number of hydrogen-bond acceptors (Lipinski definition) is 7. The van der Waals surface area contributed by atoms with E-state index in [1.165, 1.54) is 12.7 Å². The monoisotopic (exact) mass is 350 g/mol. The topological polar surface area (TPSA) is 136 Å². The van der Waals surface area contributed by atoms with Crippen molar-refractivity contribution >= 4 is 23.1 Å². The molecule has 0 bridgehead atoms. The van der Waals surface area contributed by atoms with Gasteiger partial charge in [0.1, 0.15) is 12.8 Å². The quantitative estimate of drug-likeness (QED) is 0.693. The van der Waals surface area contributed by atoms with Crippen molar-refractivity contribution in [1.29, 1.82) is 0 Å². The lowest BCUT2D eigenvalue weighted by atomic mass is 10.2. The fourth-order valence-corrected chi connectivity index (χ4v) is 2.73. The largest absolute Gasteiger partial charge is 0.481 e. The summed E-state index contributed by atoms with van der Waals surface area (Å²) in [5.41, 5.74) is 0.382. The molecule has 2 aromatic rings. The van der Waals surface area contributed by atoms with Gasteiger partial charge in [-0.2, -0.15) is 0 Å². The van der Waals surface area contributed by atoms with E-state index in [2.05, 4.69) is 15.0 Å². The number of esters is 1. The third-order valence-electron chi connectivity index (χ3n) is 3.96. The van der Waals surface area contributed by atoms with Crippen LogP contribution in [0.25, 0.3) is 11.2 Å². The summed E-state index contributed by atoms with van der Waals surface area (Å²) in [4.78, 5) is 44.3. The van der Waals surface area contributed by atoms with E-state index >= 15 is 0 Å². The predicted molar refractivity (Wildman–Crippen MR) is 83.7 cm³/mol. The highest BCUT2D eigenvalue weighted by atomic mass is 16.6. The van der Waals surface area contributed by atoms with E-state index < -0.39 is 11.9 Å². The van der Waals surface area contributed by atoms with E-state index in [1.54, 1.807) is 4.57 Å². The number of nitrogens with zero attached hydrogens (tertiary/aromatic N) is 3. The van der Waals surface area contributed by atoms with Crippen molar-refractivity contribution < 1.29 is 24.2 Å². The summed E-state index contributed by atoms with van der Waals surface area (Å²) in [5.74, 6) is -1.37. The van der Waals surface area contributed by atoms with Crippen molar-refractivity contribution in [2.75, 3.05) is 6.61 Å². The van der Waals surface area contributed by atoms with Crippen LogP contribution in [0, 0.1) is 0 Å². The lowest BCUT2D eigenvalue weighted by Crippen LogP contribution is -2.19. The highest BCUT2D eigenvalue weighted by Gasteiger charge is 2.29. The Morgan fingerprint density at radius 1 is 1.36 bits per heavy atom. The summed E-state index contributed by atoms with van der Waals surface area (Å²) in [7, 11) is 0. The number of carboxylic acid groups (broad SMARTS) is 1. The molecule has 0 unspecified atom stereocenters. The molecule has 1 aliphatic heterocycles. The average Bonchev–Trinajstić information content (AvgIpc) is 3.19. The van der Waals surface area contributed by atoms with E-state index in [-0.39, 0.29) is 49.3 Å². The second-order valence-corrected chi connectivity index (χ2v) is 5.78. The Morgan fingerprint density at radius 3 is 3.00 bits per heavy atom. The number of carbonyl (C=O) groups is 2. The van der Waals surface area contributed by atoms with E-state index in [0.29, 0.717) is 18.5 Å². The molecule has 3 heterocycles. The molecule has 10 heteroatoms. The maximum atomic E-state index is 11.7. The van der Waals surface area contributed by atoms with Gasteiger partial charge in [-0.1, -0.05) is 0 Å². The number of carbonyl (C=O) groups excluding carboxylic acids is 1. The van der Waals surface area contributed by atoms with E-state index in [0.717, 1.165) is 0 Å². The standard InChI is InChI=1S/C15H18N4O6/c20-11(21)2-1-3-12(22)24-6-9-4-5-10(25-9)19-8-18-13-14(19)16-7-17-15(13)23/h7-10H,1-6H2,(H,20,21)(H,16,17,23)/t9-,10+/m0/s1. The number of nitrogens with one attached hydrogen (secondary N) is 1. The Balaban J connectivity index is 1.52. The highest BCUT2D eigenvalue weighted by molar-refractivity contribution is 5.71. The van der Waals surface area contributed by atoms with Gasteiger partial charge in [-0.3, -0.25) is 19.0 Å². The summed E-state index contributed by atoms with van der Waals surface area (Å²) in [6.45, 7) is 0.114. The summed E-state index contributed by atoms with van der Waals surface area (Å²) < 4.78 is 12.7. The molecule has 10 nitrogen and oxygen atoms in total. The van der Waals surface area contributed by atoms with Crippen LogP contribution in [0.3, 0.4) is 0 Å². The van der Waals surface area contributed by atoms with Crippen LogP contribution < -0.4 is 5.56 Å². The molecule has 0 aromatic carbocycles. The van der Waals surface area contributed by atoms with Gasteiger partial charge in [0.15, 0.2) is 11.2 Å². The van der Waals surface area contributed by atoms with Gasteiger partial charge in [0, 0.05) is 12.8 Å². The second kappa shape index (κ2) is 7.43. The number of fused-ring (bicyclic) bond motifs is 1. The summed E-state index contributed by atoms with van der Waals surface area (Å²) in [6.07, 6.45) is 3.88. The van der Waals surface area contributed by atoms with Crippen molar-refractivity contribution in [3.05, 3.63) is 23.0 Å². The van der Waals surface area contributed by atoms with Gasteiger partial charge in [-0.25, -0.2) is 9.97 Å². The molecular weight excluding hydrogens is 332 g/mol. The first kappa shape index (κ1) is 17.1. The first-order valence-electron chi connectivity index (χ1n) is 7.97. The third kappa shape index (κ3) is 4.02. The molecule has 0 saturated carbocycles. The number of H-pyrrole nitrogens is 1. The average molecular weight is 350 g/mol. The second-order valence-electron chi connectivity index (χ2n) is 5.78. The number of aromatic amines is 1. The van der Waals surface area contributed by atoms with Gasteiger partial charge in [-0.05, 0) is 19.3 Å². The lowest BCUT2D eigenvalue weighted by Gasteiger charge is -2.15. The van der Waals surface area contributed by atoms with Crippen LogP contribution in [0.2, 0.25) is 0 Å². The van der Waals surface area contributed by atoms with Gasteiger partial charge in [-0.15, -0.1) is 0 Å². The minimum absolute atomic E-state index is 0.0586. The smallest absolute Gasteiger partial charge is 0.305 e. The van der Waals surface area contributed by atoms with Gasteiger partial charge >= 0.3 is 11.9 Å². The Kier molecular flexibility index (Phi) is 5.08. The van der Waals surface area contributed by atoms with Crippen molar-refractivity contribution in [3.8, 4) is 0 Å². The normalized spacial score (nSPS) is 20.0. The van der Waals surface area contributed by atoms with Crippen LogP contribution in [0.15, 0.2) is 17.4 Å². The number of ether oxygens (including phenoxy) is 2. The molecule has 1 fully saturated rings. The number of hydrogen-bond donors (Lipinski definition) is 2. The summed E-state index contributed by atoms with van der Waals surface area (Å²) in [6, 6.07) is 0. The zero-order chi connectivity index (χ0) is 17.8. The molecule has 3 rings (SSSR count). The van der Waals surface area contributed by atoms with Crippen molar-refractivity contribution in [1.82, 2.24) is 19.5 Å². The minimum atomic E-state index is -0.935. The molecular formula is C15H18N4O6. The van der Waals surface area contributed by atoms with Crippen LogP contribution in [0.4, 0.5) is 0 Å². The molecule has 1 aliphatic rings. The third-order valence-corrected chi connectivity index (χ3v) is 3.96. The number of aliphatic carboxylic acids is 1. The molecule has 134 valence electrons. The maximum absolute atomic E-state index is 11.7. The van der Waals surface area contributed by atoms with Gasteiger partial charge in [0.05, 0.1) is 18.8 Å². The predicted octanol–water partition coefficient (Wildman–Crippen LogP) is 0.595. The number of aromatic nitrogens is 4. The van der Waals surface area contributed by atoms with E-state index in [1.807, 2.05) is 0 Å². The maximum Gasteiger partial charge on any atom is 0.305 e. The summed E-state index contributed by atoms with van der Waals surface area (Å²) >= 11 is 0. The van der Waals surface area contributed by atoms with Crippen molar-refractivity contribution in [3.63, 3.8) is 0 Å². The molecule has 25 heavy (non-hydrogen) atoms. The molecule has 1 saturated heterocycles. The molecule has 0 amide bonds. The minimum Gasteiger partial charge on any atom is -0.481 e. The molecule has 0 spiro atoms. The number of rotatable bonds is 7. The zero-order valence-electron chi connectivity index (χ0n) is 13.4. The number of carboxylic acids is 1. The molecule has 0 radical (unpaired) electrons. The van der Waals surface area contributed by atoms with E-state index in [4.69, 9.17) is 14.6 Å². The Labute approximate surface area is 141 Å². The van der Waals surface area contributed by atoms with Crippen LogP contribution >= 0.6 is 0 Å². The highest BCUT2D eigenvalue weighted by Crippen LogP contribution is 2.29. The van der Waals surface area contributed by atoms with Crippen molar-refractivity contribution in [2.45, 2.75) is 44.4 Å². The van der Waals surface area contributed by atoms with E-state index in [9.17, 15) is 14.4 Å². The lowest BCUT2D eigenvalue weighted by molar-refractivity contribution is -0.148. The van der Waals surface area contributed by atoms with Crippen LogP contribution in [0.1, 0.15) is 38.3 Å². The fraction of sp³-hybridized carbons (Fsp3) is 0.533. The van der Waals surface area contributed by atoms with Gasteiger partial charge < -0.3 is 19.6 Å². The Hall–Kier alpha value is -2.75. The fourth-order valence-electron chi connectivity index (χ4n) is 2.73. The SMILES string of the molecule is O=C(O)CCCC(=O)OC[C@@H]1CC[C@H](n2cnc3c(=O)[nH]cnc32)O1.